The number of halogens is 4. The van der Waals surface area contributed by atoms with Gasteiger partial charge in [-0.1, -0.05) is 17.3 Å². The van der Waals surface area contributed by atoms with Crippen LogP contribution in [0.25, 0.3) is 11.4 Å². The molecule has 6 nitrogen and oxygen atoms in total. The smallest absolute Gasteiger partial charge is 0.339 e. The van der Waals surface area contributed by atoms with E-state index in [2.05, 4.69) is 10.1 Å². The molecule has 3 rings (SSSR count). The Bertz CT molecular complexity index is 778. The average Bonchev–Trinajstić information content (AvgIpc) is 3.09. The van der Waals surface area contributed by atoms with Gasteiger partial charge in [-0.15, -0.1) is 0 Å². The Labute approximate surface area is 146 Å². The summed E-state index contributed by atoms with van der Waals surface area (Å²) in [7, 11) is 0. The summed E-state index contributed by atoms with van der Waals surface area (Å²) in [4.78, 5) is 17.4. The number of likely N-dealkylation sites (tertiary alicyclic amines) is 1. The molecule has 0 saturated carbocycles. The van der Waals surface area contributed by atoms with E-state index in [0.29, 0.717) is 24.9 Å². The lowest BCUT2D eigenvalue weighted by Gasteiger charge is -2.31. The summed E-state index contributed by atoms with van der Waals surface area (Å²) < 4.78 is 55.2. The predicted octanol–water partition coefficient (Wildman–Crippen LogP) is 3.33. The first-order chi connectivity index (χ1) is 12.3. The molecule has 140 valence electrons. The van der Waals surface area contributed by atoms with E-state index >= 15 is 0 Å². The van der Waals surface area contributed by atoms with Crippen molar-refractivity contribution in [2.24, 2.45) is 0 Å². The van der Waals surface area contributed by atoms with Crippen LogP contribution in [0, 0.1) is 5.82 Å². The van der Waals surface area contributed by atoms with Gasteiger partial charge >= 0.3 is 12.2 Å². The van der Waals surface area contributed by atoms with Crippen molar-refractivity contribution in [3.05, 3.63) is 36.0 Å². The Morgan fingerprint density at radius 1 is 1.38 bits per heavy atom. The Morgan fingerprint density at radius 2 is 2.19 bits per heavy atom. The molecule has 2 heterocycles. The monoisotopic (exact) mass is 372 g/mol. The molecule has 26 heavy (non-hydrogen) atoms. The number of rotatable bonds is 3. The van der Waals surface area contributed by atoms with Gasteiger partial charge in [-0.2, -0.15) is 18.2 Å². The van der Waals surface area contributed by atoms with E-state index in [1.165, 1.54) is 23.1 Å². The summed E-state index contributed by atoms with van der Waals surface area (Å²) in [6, 6.07) is 4.94. The van der Waals surface area contributed by atoms with E-state index in [9.17, 15) is 22.4 Å². The van der Waals surface area contributed by atoms with E-state index in [4.69, 9.17) is 4.52 Å². The Morgan fingerprint density at radius 3 is 2.92 bits per heavy atom. The largest absolute Gasteiger partial charge is 0.405 e. The molecule has 1 aliphatic heterocycles. The van der Waals surface area contributed by atoms with E-state index < -0.39 is 24.6 Å². The zero-order valence-corrected chi connectivity index (χ0v) is 13.6. The molecule has 10 heteroatoms. The number of hydrogen-bond acceptors (Lipinski definition) is 4. The van der Waals surface area contributed by atoms with Crippen LogP contribution in [0.2, 0.25) is 0 Å². The summed E-state index contributed by atoms with van der Waals surface area (Å²) in [5.74, 6) is -0.218. The molecule has 1 aliphatic rings. The van der Waals surface area contributed by atoms with Gasteiger partial charge in [-0.05, 0) is 25.0 Å². The highest BCUT2D eigenvalue weighted by atomic mass is 19.4. The van der Waals surface area contributed by atoms with Gasteiger partial charge < -0.3 is 14.7 Å². The molecule has 1 aromatic carbocycles. The molecular formula is C16H16F4N4O2. The minimum Gasteiger partial charge on any atom is -0.339 e. The van der Waals surface area contributed by atoms with Crippen LogP contribution in [0.3, 0.4) is 0 Å². The SMILES string of the molecule is O=C(NCC(F)(F)F)N1CCC[C@@H](c2nc(-c3cccc(F)c3)no2)C1. The minimum absolute atomic E-state index is 0.175. The molecule has 1 saturated heterocycles. The topological polar surface area (TPSA) is 71.3 Å². The van der Waals surface area contributed by atoms with Gasteiger partial charge in [-0.25, -0.2) is 9.18 Å². The molecule has 0 radical (unpaired) electrons. The first-order valence-corrected chi connectivity index (χ1v) is 8.01. The first kappa shape index (κ1) is 18.2. The van der Waals surface area contributed by atoms with Crippen molar-refractivity contribution in [1.29, 1.82) is 0 Å². The fraction of sp³-hybridized carbons (Fsp3) is 0.438. The van der Waals surface area contributed by atoms with Gasteiger partial charge in [0.15, 0.2) is 0 Å². The third kappa shape index (κ3) is 4.50. The van der Waals surface area contributed by atoms with E-state index in [-0.39, 0.29) is 24.2 Å². The average molecular weight is 372 g/mol. The van der Waals surface area contributed by atoms with E-state index in [0.717, 1.165) is 0 Å². The molecule has 0 aliphatic carbocycles. The van der Waals surface area contributed by atoms with Gasteiger partial charge in [0, 0.05) is 18.7 Å². The molecule has 1 fully saturated rings. The van der Waals surface area contributed by atoms with Gasteiger partial charge in [-0.3, -0.25) is 0 Å². The highest BCUT2D eigenvalue weighted by molar-refractivity contribution is 5.74. The summed E-state index contributed by atoms with van der Waals surface area (Å²) in [6.07, 6.45) is -3.20. The predicted molar refractivity (Wildman–Crippen MR) is 82.7 cm³/mol. The van der Waals surface area contributed by atoms with Crippen LogP contribution < -0.4 is 5.32 Å². The van der Waals surface area contributed by atoms with Crippen LogP contribution in [0.1, 0.15) is 24.7 Å². The zero-order valence-electron chi connectivity index (χ0n) is 13.6. The minimum atomic E-state index is -4.46. The van der Waals surface area contributed by atoms with Crippen LogP contribution in [0.15, 0.2) is 28.8 Å². The van der Waals surface area contributed by atoms with Crippen LogP contribution in [-0.4, -0.2) is 46.9 Å². The number of carbonyl (C=O) groups excluding carboxylic acids is 1. The lowest BCUT2D eigenvalue weighted by atomic mass is 9.98. The van der Waals surface area contributed by atoms with E-state index in [1.807, 2.05) is 5.32 Å². The number of piperidine rings is 1. The Hall–Kier alpha value is -2.65. The van der Waals surface area contributed by atoms with Gasteiger partial charge in [0.25, 0.3) is 0 Å². The van der Waals surface area contributed by atoms with Crippen molar-refractivity contribution in [3.8, 4) is 11.4 Å². The van der Waals surface area contributed by atoms with Gasteiger partial charge in [0.1, 0.15) is 12.4 Å². The van der Waals surface area contributed by atoms with Crippen molar-refractivity contribution in [1.82, 2.24) is 20.4 Å². The maximum atomic E-state index is 13.3. The molecule has 0 unspecified atom stereocenters. The molecule has 0 bridgehead atoms. The van der Waals surface area contributed by atoms with Crippen molar-refractivity contribution >= 4 is 6.03 Å². The quantitative estimate of drug-likeness (QED) is 0.839. The third-order valence-electron chi connectivity index (χ3n) is 4.02. The molecule has 2 aromatic rings. The second-order valence-corrected chi connectivity index (χ2v) is 6.03. The number of benzene rings is 1. The van der Waals surface area contributed by atoms with E-state index in [1.54, 1.807) is 6.07 Å². The highest BCUT2D eigenvalue weighted by Crippen LogP contribution is 2.28. The fourth-order valence-corrected chi connectivity index (χ4v) is 2.80. The van der Waals surface area contributed by atoms with Crippen LogP contribution in [0.4, 0.5) is 22.4 Å². The lowest BCUT2D eigenvalue weighted by Crippen LogP contribution is -2.47. The highest BCUT2D eigenvalue weighted by Gasteiger charge is 2.32. The summed E-state index contributed by atoms with van der Waals surface area (Å²) in [6.45, 7) is -0.850. The number of hydrogen-bond donors (Lipinski definition) is 1. The van der Waals surface area contributed by atoms with Crippen LogP contribution in [0.5, 0.6) is 0 Å². The number of alkyl halides is 3. The molecule has 1 N–H and O–H groups in total. The normalized spacial score (nSPS) is 18.0. The fourth-order valence-electron chi connectivity index (χ4n) is 2.80. The van der Waals surface area contributed by atoms with Gasteiger partial charge in [0.2, 0.25) is 11.7 Å². The first-order valence-electron chi connectivity index (χ1n) is 8.01. The summed E-state index contributed by atoms with van der Waals surface area (Å²) in [5.41, 5.74) is 0.454. The summed E-state index contributed by atoms with van der Waals surface area (Å²) >= 11 is 0. The lowest BCUT2D eigenvalue weighted by molar-refractivity contribution is -0.123. The van der Waals surface area contributed by atoms with Crippen LogP contribution >= 0.6 is 0 Å². The Kier molecular flexibility index (Phi) is 5.10. The van der Waals surface area contributed by atoms with Crippen LogP contribution in [-0.2, 0) is 0 Å². The maximum Gasteiger partial charge on any atom is 0.405 e. The number of carbonyl (C=O) groups is 1. The number of nitrogens with one attached hydrogen (secondary N) is 1. The molecule has 1 aromatic heterocycles. The maximum absolute atomic E-state index is 13.3. The zero-order chi connectivity index (χ0) is 18.7. The van der Waals surface area contributed by atoms with Gasteiger partial charge in [0.05, 0.1) is 5.92 Å². The Balaban J connectivity index is 1.66. The third-order valence-corrected chi connectivity index (χ3v) is 4.02. The second kappa shape index (κ2) is 7.30. The van der Waals surface area contributed by atoms with Crippen molar-refractivity contribution in [2.75, 3.05) is 19.6 Å². The number of amides is 2. The number of nitrogens with zero attached hydrogens (tertiary/aromatic N) is 3. The number of aromatic nitrogens is 2. The number of urea groups is 1. The van der Waals surface area contributed by atoms with Crippen molar-refractivity contribution in [3.63, 3.8) is 0 Å². The molecular weight excluding hydrogens is 356 g/mol. The standard InChI is InChI=1S/C16H16F4N4O2/c17-12-5-1-3-10(7-12)13-22-14(26-23-13)11-4-2-6-24(8-11)15(25)21-9-16(18,19)20/h1,3,5,7,11H,2,4,6,8-9H2,(H,21,25)/t11-/m1/s1. The van der Waals surface area contributed by atoms with Crippen molar-refractivity contribution < 1.29 is 26.9 Å². The molecule has 1 atom stereocenters. The second-order valence-electron chi connectivity index (χ2n) is 6.03. The molecule has 2 amide bonds. The van der Waals surface area contributed by atoms with Crippen molar-refractivity contribution in [2.45, 2.75) is 24.9 Å². The summed E-state index contributed by atoms with van der Waals surface area (Å²) in [5, 5.41) is 5.68. The molecule has 0 spiro atoms.